The first-order valence-electron chi connectivity index (χ1n) is 5.25. The molecule has 0 aromatic heterocycles. The van der Waals surface area contributed by atoms with Gasteiger partial charge in [0, 0.05) is 19.3 Å². The summed E-state index contributed by atoms with van der Waals surface area (Å²) < 4.78 is 39.1. The Morgan fingerprint density at radius 2 is 2.11 bits per heavy atom. The molecule has 0 heterocycles. The van der Waals surface area contributed by atoms with E-state index in [0.717, 1.165) is 0 Å². The molecular weight excluding hydrogens is 265 g/mol. The summed E-state index contributed by atoms with van der Waals surface area (Å²) in [6.45, 7) is -0.701. The molecule has 3 N–H and O–H groups in total. The maximum atomic E-state index is 11.8. The molecule has 0 saturated carbocycles. The predicted molar refractivity (Wildman–Crippen MR) is 63.1 cm³/mol. The zero-order chi connectivity index (χ0) is 14.6. The second-order valence-corrected chi connectivity index (χ2v) is 3.80. The third-order valence-corrected chi connectivity index (χ3v) is 2.35. The van der Waals surface area contributed by atoms with Crippen LogP contribution in [0.3, 0.4) is 0 Å². The zero-order valence-electron chi connectivity index (χ0n) is 10.1. The molecule has 0 saturated heterocycles. The van der Waals surface area contributed by atoms with Gasteiger partial charge in [0.15, 0.2) is 0 Å². The number of nitrogen functional groups attached to an aromatic ring is 1. The molecule has 0 aliphatic carbocycles. The van der Waals surface area contributed by atoms with Crippen molar-refractivity contribution < 1.29 is 27.8 Å². The minimum absolute atomic E-state index is 0.0745. The number of aromatic carboxylic acids is 1. The quantitative estimate of drug-likeness (QED) is 0.805. The number of ether oxygens (including phenoxy) is 1. The molecule has 0 atom stereocenters. The summed E-state index contributed by atoms with van der Waals surface area (Å²) in [6, 6.07) is 4.16. The Morgan fingerprint density at radius 3 is 2.63 bits per heavy atom. The Kier molecular flexibility index (Phi) is 4.60. The highest BCUT2D eigenvalue weighted by Gasteiger charge is 2.28. The summed E-state index contributed by atoms with van der Waals surface area (Å²) in [4.78, 5) is 12.4. The number of likely N-dealkylation sites (N-methyl/N-ethyl adjacent to an activating group) is 1. The number of rotatable bonds is 5. The van der Waals surface area contributed by atoms with Gasteiger partial charge in [-0.25, -0.2) is 4.79 Å². The Balaban J connectivity index is 2.76. The number of hydrogen-bond donors (Lipinski definition) is 2. The number of alkyl halides is 3. The Labute approximate surface area is 107 Å². The lowest BCUT2D eigenvalue weighted by molar-refractivity contribution is -0.323. The summed E-state index contributed by atoms with van der Waals surface area (Å²) in [5, 5.41) is 9.00. The third-order valence-electron chi connectivity index (χ3n) is 2.35. The lowest BCUT2D eigenvalue weighted by atomic mass is 10.1. The molecule has 0 unspecified atom stereocenters. The minimum atomic E-state index is -4.70. The zero-order valence-corrected chi connectivity index (χ0v) is 10.1. The highest BCUT2D eigenvalue weighted by atomic mass is 19.4. The van der Waals surface area contributed by atoms with Crippen molar-refractivity contribution in [2.24, 2.45) is 0 Å². The molecule has 0 amide bonds. The molecule has 106 valence electrons. The number of carboxylic acids is 1. The van der Waals surface area contributed by atoms with Gasteiger partial charge in [-0.3, -0.25) is 4.74 Å². The van der Waals surface area contributed by atoms with Crippen LogP contribution < -0.4 is 10.6 Å². The van der Waals surface area contributed by atoms with Crippen molar-refractivity contribution >= 4 is 17.3 Å². The number of anilines is 2. The second-order valence-electron chi connectivity index (χ2n) is 3.80. The van der Waals surface area contributed by atoms with Crippen LogP contribution in [0, 0.1) is 0 Å². The number of nitrogens with zero attached hydrogens (tertiary/aromatic N) is 1. The van der Waals surface area contributed by atoms with Crippen molar-refractivity contribution in [3.8, 4) is 0 Å². The van der Waals surface area contributed by atoms with E-state index in [1.54, 1.807) is 0 Å². The molecule has 1 aromatic rings. The first-order valence-corrected chi connectivity index (χ1v) is 5.25. The molecule has 0 aliphatic heterocycles. The first-order chi connectivity index (χ1) is 8.70. The lowest BCUT2D eigenvalue weighted by Gasteiger charge is -2.21. The Bertz CT molecular complexity index is 463. The van der Waals surface area contributed by atoms with E-state index < -0.39 is 18.9 Å². The highest BCUT2D eigenvalue weighted by Crippen LogP contribution is 2.23. The van der Waals surface area contributed by atoms with Gasteiger partial charge in [-0.15, -0.1) is 13.2 Å². The van der Waals surface area contributed by atoms with Crippen molar-refractivity contribution in [1.82, 2.24) is 0 Å². The van der Waals surface area contributed by atoms with Crippen molar-refractivity contribution in [3.05, 3.63) is 23.8 Å². The van der Waals surface area contributed by atoms with Crippen molar-refractivity contribution in [2.75, 3.05) is 30.8 Å². The SMILES string of the molecule is CN(CCOC(F)(F)F)c1ccc(N)cc1C(=O)O. The van der Waals surface area contributed by atoms with E-state index in [-0.39, 0.29) is 23.5 Å². The summed E-state index contributed by atoms with van der Waals surface area (Å²) in [5.41, 5.74) is 5.93. The van der Waals surface area contributed by atoms with Crippen LogP contribution in [-0.4, -0.2) is 37.6 Å². The van der Waals surface area contributed by atoms with Gasteiger partial charge in [0.05, 0.1) is 17.9 Å². The highest BCUT2D eigenvalue weighted by molar-refractivity contribution is 5.95. The third kappa shape index (κ3) is 4.66. The number of hydrogen-bond acceptors (Lipinski definition) is 4. The monoisotopic (exact) mass is 278 g/mol. The smallest absolute Gasteiger partial charge is 0.478 e. The topological polar surface area (TPSA) is 75.8 Å². The number of nitrogens with two attached hydrogens (primary N) is 1. The molecule has 8 heteroatoms. The average Bonchev–Trinajstić information content (AvgIpc) is 2.26. The summed E-state index contributed by atoms with van der Waals surface area (Å²) in [6.07, 6.45) is -4.70. The first kappa shape index (κ1) is 15.1. The van der Waals surface area contributed by atoms with Crippen molar-refractivity contribution in [1.29, 1.82) is 0 Å². The number of benzene rings is 1. The second kappa shape index (κ2) is 5.79. The molecular formula is C11H13F3N2O3. The molecule has 0 bridgehead atoms. The predicted octanol–water partition coefficient (Wildman–Crippen LogP) is 1.94. The molecule has 0 aliphatic rings. The Hall–Kier alpha value is -1.96. The van der Waals surface area contributed by atoms with Gasteiger partial charge in [-0.1, -0.05) is 0 Å². The van der Waals surface area contributed by atoms with Crippen LogP contribution >= 0.6 is 0 Å². The molecule has 0 radical (unpaired) electrons. The minimum Gasteiger partial charge on any atom is -0.478 e. The van der Waals surface area contributed by atoms with Gasteiger partial charge in [0.1, 0.15) is 0 Å². The molecule has 5 nitrogen and oxygen atoms in total. The number of carbonyl (C=O) groups is 1. The van der Waals surface area contributed by atoms with Crippen LogP contribution in [-0.2, 0) is 4.74 Å². The largest absolute Gasteiger partial charge is 0.522 e. The van der Waals surface area contributed by atoms with E-state index in [2.05, 4.69) is 4.74 Å². The lowest BCUT2D eigenvalue weighted by Crippen LogP contribution is -2.27. The van der Waals surface area contributed by atoms with Crippen LogP contribution in [0.1, 0.15) is 10.4 Å². The van der Waals surface area contributed by atoms with Gasteiger partial charge in [0.2, 0.25) is 0 Å². The molecule has 19 heavy (non-hydrogen) atoms. The van der Waals surface area contributed by atoms with Gasteiger partial charge >= 0.3 is 12.3 Å². The van der Waals surface area contributed by atoms with Crippen LogP contribution in [0.15, 0.2) is 18.2 Å². The average molecular weight is 278 g/mol. The molecule has 1 rings (SSSR count). The molecule has 1 aromatic carbocycles. The maximum Gasteiger partial charge on any atom is 0.522 e. The number of carboxylic acid groups (broad SMARTS) is 1. The molecule has 0 spiro atoms. The van der Waals surface area contributed by atoms with Crippen LogP contribution in [0.2, 0.25) is 0 Å². The fourth-order valence-electron chi connectivity index (χ4n) is 1.48. The van der Waals surface area contributed by atoms with E-state index in [4.69, 9.17) is 10.8 Å². The van der Waals surface area contributed by atoms with Gasteiger partial charge in [0.25, 0.3) is 0 Å². The van der Waals surface area contributed by atoms with E-state index in [1.165, 1.54) is 30.1 Å². The van der Waals surface area contributed by atoms with Gasteiger partial charge in [-0.2, -0.15) is 0 Å². The van der Waals surface area contributed by atoms with E-state index in [1.807, 2.05) is 0 Å². The summed E-state index contributed by atoms with van der Waals surface area (Å²) >= 11 is 0. The van der Waals surface area contributed by atoms with Gasteiger partial charge < -0.3 is 15.7 Å². The van der Waals surface area contributed by atoms with Crippen LogP contribution in [0.5, 0.6) is 0 Å². The van der Waals surface area contributed by atoms with Crippen molar-refractivity contribution in [2.45, 2.75) is 6.36 Å². The fraction of sp³-hybridized carbons (Fsp3) is 0.364. The van der Waals surface area contributed by atoms with E-state index >= 15 is 0 Å². The summed E-state index contributed by atoms with van der Waals surface area (Å²) in [7, 11) is 1.47. The normalized spacial score (nSPS) is 11.4. The van der Waals surface area contributed by atoms with E-state index in [9.17, 15) is 18.0 Å². The Morgan fingerprint density at radius 1 is 1.47 bits per heavy atom. The summed E-state index contributed by atoms with van der Waals surface area (Å²) in [5.74, 6) is -1.20. The molecule has 0 fully saturated rings. The van der Waals surface area contributed by atoms with Gasteiger partial charge in [-0.05, 0) is 18.2 Å². The van der Waals surface area contributed by atoms with E-state index in [0.29, 0.717) is 0 Å². The van der Waals surface area contributed by atoms with Crippen molar-refractivity contribution in [3.63, 3.8) is 0 Å². The fourth-order valence-corrected chi connectivity index (χ4v) is 1.48. The van der Waals surface area contributed by atoms with Crippen LogP contribution in [0.25, 0.3) is 0 Å². The van der Waals surface area contributed by atoms with Crippen LogP contribution in [0.4, 0.5) is 24.5 Å². The standard InChI is InChI=1S/C11H13F3N2O3/c1-16(4-5-19-11(12,13)14)9-3-2-7(15)6-8(9)10(17)18/h2-3,6H,4-5,15H2,1H3,(H,17,18). The number of halogens is 3. The maximum absolute atomic E-state index is 11.8.